The molecule has 0 unspecified atom stereocenters. The summed E-state index contributed by atoms with van der Waals surface area (Å²) in [6, 6.07) is 1.80. The van der Waals surface area contributed by atoms with Crippen LogP contribution in [0.4, 0.5) is 5.69 Å². The van der Waals surface area contributed by atoms with Crippen LogP contribution in [0.2, 0.25) is 5.15 Å². The first-order valence-corrected chi connectivity index (χ1v) is 5.93. The van der Waals surface area contributed by atoms with Gasteiger partial charge in [-0.3, -0.25) is 4.79 Å². The number of likely N-dealkylation sites (N-methyl/N-ethyl adjacent to an activating group) is 1. The SMILES string of the molecule is CCNC(C)(C)C(=O)Nc1cc(C)cnc1Cl. The third kappa shape index (κ3) is 3.68. The molecule has 0 aliphatic heterocycles. The van der Waals surface area contributed by atoms with Gasteiger partial charge in [-0.1, -0.05) is 18.5 Å². The second kappa shape index (κ2) is 5.47. The summed E-state index contributed by atoms with van der Waals surface area (Å²) in [6.45, 7) is 8.22. The molecule has 4 nitrogen and oxygen atoms in total. The number of nitrogens with zero attached hydrogens (tertiary/aromatic N) is 1. The molecular formula is C12H18ClN3O. The Hall–Kier alpha value is -1.13. The Labute approximate surface area is 107 Å². The fraction of sp³-hybridized carbons (Fsp3) is 0.500. The number of aromatic nitrogens is 1. The lowest BCUT2D eigenvalue weighted by molar-refractivity contribution is -0.121. The molecule has 0 aliphatic carbocycles. The summed E-state index contributed by atoms with van der Waals surface area (Å²) < 4.78 is 0. The topological polar surface area (TPSA) is 54.0 Å². The minimum absolute atomic E-state index is 0.131. The lowest BCUT2D eigenvalue weighted by Gasteiger charge is -2.24. The van der Waals surface area contributed by atoms with Crippen molar-refractivity contribution >= 4 is 23.2 Å². The number of hydrogen-bond donors (Lipinski definition) is 2. The maximum absolute atomic E-state index is 12.0. The van der Waals surface area contributed by atoms with Gasteiger partial charge in [0, 0.05) is 6.20 Å². The molecule has 0 atom stereocenters. The van der Waals surface area contributed by atoms with Crippen molar-refractivity contribution in [1.82, 2.24) is 10.3 Å². The monoisotopic (exact) mass is 255 g/mol. The summed E-state index contributed by atoms with van der Waals surface area (Å²) in [5.74, 6) is -0.131. The van der Waals surface area contributed by atoms with E-state index in [1.54, 1.807) is 12.3 Å². The van der Waals surface area contributed by atoms with Gasteiger partial charge in [0.25, 0.3) is 0 Å². The molecule has 0 saturated heterocycles. The summed E-state index contributed by atoms with van der Waals surface area (Å²) in [6.07, 6.45) is 1.66. The summed E-state index contributed by atoms with van der Waals surface area (Å²) in [5.41, 5.74) is 0.857. The number of carbonyl (C=O) groups is 1. The number of nitrogens with one attached hydrogen (secondary N) is 2. The maximum atomic E-state index is 12.0. The Morgan fingerprint density at radius 1 is 1.53 bits per heavy atom. The van der Waals surface area contributed by atoms with Gasteiger partial charge >= 0.3 is 0 Å². The van der Waals surface area contributed by atoms with E-state index in [0.717, 1.165) is 12.1 Å². The van der Waals surface area contributed by atoms with Crippen molar-refractivity contribution in [2.75, 3.05) is 11.9 Å². The molecule has 17 heavy (non-hydrogen) atoms. The van der Waals surface area contributed by atoms with E-state index >= 15 is 0 Å². The zero-order valence-corrected chi connectivity index (χ0v) is 11.4. The van der Waals surface area contributed by atoms with Gasteiger partial charge in [-0.25, -0.2) is 4.98 Å². The van der Waals surface area contributed by atoms with Crippen molar-refractivity contribution in [3.63, 3.8) is 0 Å². The van der Waals surface area contributed by atoms with Crippen molar-refractivity contribution < 1.29 is 4.79 Å². The maximum Gasteiger partial charge on any atom is 0.244 e. The normalized spacial score (nSPS) is 11.4. The van der Waals surface area contributed by atoms with Crippen LogP contribution in [-0.4, -0.2) is 23.0 Å². The summed E-state index contributed by atoms with van der Waals surface area (Å²) >= 11 is 5.92. The van der Waals surface area contributed by atoms with Crippen molar-refractivity contribution in [3.8, 4) is 0 Å². The fourth-order valence-electron chi connectivity index (χ4n) is 1.44. The van der Waals surface area contributed by atoms with E-state index in [9.17, 15) is 4.79 Å². The number of amides is 1. The molecular weight excluding hydrogens is 238 g/mol. The average molecular weight is 256 g/mol. The highest BCUT2D eigenvalue weighted by molar-refractivity contribution is 6.32. The smallest absolute Gasteiger partial charge is 0.244 e. The van der Waals surface area contributed by atoms with Crippen LogP contribution in [-0.2, 0) is 4.79 Å². The Balaban J connectivity index is 2.84. The van der Waals surface area contributed by atoms with E-state index in [4.69, 9.17) is 11.6 Å². The van der Waals surface area contributed by atoms with Gasteiger partial charge < -0.3 is 10.6 Å². The third-order valence-corrected chi connectivity index (χ3v) is 2.71. The molecule has 1 aromatic heterocycles. The zero-order chi connectivity index (χ0) is 13.1. The number of rotatable bonds is 4. The molecule has 1 heterocycles. The number of pyridine rings is 1. The minimum Gasteiger partial charge on any atom is -0.322 e. The van der Waals surface area contributed by atoms with Crippen LogP contribution in [0, 0.1) is 6.92 Å². The van der Waals surface area contributed by atoms with Crippen LogP contribution in [0.1, 0.15) is 26.3 Å². The average Bonchev–Trinajstić information content (AvgIpc) is 2.23. The largest absolute Gasteiger partial charge is 0.322 e. The molecule has 2 N–H and O–H groups in total. The lowest BCUT2D eigenvalue weighted by atomic mass is 10.0. The molecule has 0 bridgehead atoms. The third-order valence-electron chi connectivity index (χ3n) is 2.41. The van der Waals surface area contributed by atoms with Gasteiger partial charge in [-0.15, -0.1) is 0 Å². The number of halogens is 1. The highest BCUT2D eigenvalue weighted by Crippen LogP contribution is 2.21. The molecule has 94 valence electrons. The number of carbonyl (C=O) groups excluding carboxylic acids is 1. The van der Waals surface area contributed by atoms with E-state index < -0.39 is 5.54 Å². The Kier molecular flexibility index (Phi) is 4.48. The van der Waals surface area contributed by atoms with E-state index in [1.807, 2.05) is 27.7 Å². The first-order valence-electron chi connectivity index (χ1n) is 5.55. The minimum atomic E-state index is -0.637. The number of anilines is 1. The first kappa shape index (κ1) is 13.9. The molecule has 0 saturated carbocycles. The molecule has 0 fully saturated rings. The molecule has 0 radical (unpaired) electrons. The summed E-state index contributed by atoms with van der Waals surface area (Å²) in [7, 11) is 0. The Morgan fingerprint density at radius 2 is 2.18 bits per heavy atom. The summed E-state index contributed by atoms with van der Waals surface area (Å²) in [4.78, 5) is 16.0. The molecule has 1 rings (SSSR count). The van der Waals surface area contributed by atoms with Crippen LogP contribution < -0.4 is 10.6 Å². The van der Waals surface area contributed by atoms with Crippen LogP contribution >= 0.6 is 11.6 Å². The predicted molar refractivity (Wildman–Crippen MR) is 70.4 cm³/mol. The van der Waals surface area contributed by atoms with Gasteiger partial charge in [0.2, 0.25) is 5.91 Å². The van der Waals surface area contributed by atoms with E-state index in [0.29, 0.717) is 10.8 Å². The van der Waals surface area contributed by atoms with Crippen LogP contribution in [0.15, 0.2) is 12.3 Å². The van der Waals surface area contributed by atoms with Gasteiger partial charge in [-0.05, 0) is 38.9 Å². The van der Waals surface area contributed by atoms with Crippen LogP contribution in [0.5, 0.6) is 0 Å². The molecule has 5 heteroatoms. The standard InChI is InChI=1S/C12H18ClN3O/c1-5-15-12(3,4)11(17)16-9-6-8(2)7-14-10(9)13/h6-7,15H,5H2,1-4H3,(H,16,17). The molecule has 0 aliphatic rings. The molecule has 1 amide bonds. The van der Waals surface area contributed by atoms with Gasteiger partial charge in [0.05, 0.1) is 11.2 Å². The van der Waals surface area contributed by atoms with Gasteiger partial charge in [-0.2, -0.15) is 0 Å². The molecule has 1 aromatic rings. The van der Waals surface area contributed by atoms with E-state index in [1.165, 1.54) is 0 Å². The number of hydrogen-bond acceptors (Lipinski definition) is 3. The fourth-order valence-corrected chi connectivity index (χ4v) is 1.59. The highest BCUT2D eigenvalue weighted by Gasteiger charge is 2.26. The second-order valence-corrected chi connectivity index (χ2v) is 4.82. The predicted octanol–water partition coefficient (Wildman–Crippen LogP) is 2.37. The second-order valence-electron chi connectivity index (χ2n) is 4.46. The number of aryl methyl sites for hydroxylation is 1. The Bertz CT molecular complexity index is 418. The molecule has 0 aromatic carbocycles. The molecule has 0 spiro atoms. The van der Waals surface area contributed by atoms with Gasteiger partial charge in [0.15, 0.2) is 5.15 Å². The lowest BCUT2D eigenvalue weighted by Crippen LogP contribution is -2.49. The van der Waals surface area contributed by atoms with Crippen LogP contribution in [0.25, 0.3) is 0 Å². The Morgan fingerprint density at radius 3 is 2.76 bits per heavy atom. The van der Waals surface area contributed by atoms with Crippen LogP contribution in [0.3, 0.4) is 0 Å². The summed E-state index contributed by atoms with van der Waals surface area (Å²) in [5, 5.41) is 6.18. The van der Waals surface area contributed by atoms with Crippen molar-refractivity contribution in [2.45, 2.75) is 33.2 Å². The zero-order valence-electron chi connectivity index (χ0n) is 10.6. The quantitative estimate of drug-likeness (QED) is 0.813. The van der Waals surface area contributed by atoms with Crippen molar-refractivity contribution in [1.29, 1.82) is 0 Å². The van der Waals surface area contributed by atoms with Gasteiger partial charge in [0.1, 0.15) is 0 Å². The first-order chi connectivity index (χ1) is 7.86. The highest BCUT2D eigenvalue weighted by atomic mass is 35.5. The van der Waals surface area contributed by atoms with Crippen molar-refractivity contribution in [3.05, 3.63) is 23.0 Å². The van der Waals surface area contributed by atoms with Crippen molar-refractivity contribution in [2.24, 2.45) is 0 Å². The van der Waals surface area contributed by atoms with E-state index in [2.05, 4.69) is 15.6 Å². The van der Waals surface area contributed by atoms with E-state index in [-0.39, 0.29) is 5.91 Å².